The second-order valence-corrected chi connectivity index (χ2v) is 10.9. The van der Waals surface area contributed by atoms with Gasteiger partial charge >= 0.3 is 0 Å². The maximum absolute atomic E-state index is 13.7. The van der Waals surface area contributed by atoms with Crippen LogP contribution in [0.1, 0.15) is 29.0 Å². The summed E-state index contributed by atoms with van der Waals surface area (Å²) in [5, 5.41) is 0.561. The van der Waals surface area contributed by atoms with Crippen LogP contribution in [0.25, 0.3) is 16.6 Å². The van der Waals surface area contributed by atoms with Gasteiger partial charge in [0, 0.05) is 40.1 Å². The molecule has 6 nitrogen and oxygen atoms in total. The Balaban J connectivity index is 1.77. The number of rotatable bonds is 8. The average molecular weight is 612 g/mol. The molecule has 3 aromatic carbocycles. The summed E-state index contributed by atoms with van der Waals surface area (Å²) in [7, 11) is 3.97. The van der Waals surface area contributed by atoms with E-state index >= 15 is 0 Å². The van der Waals surface area contributed by atoms with Crippen LogP contribution in [0.3, 0.4) is 0 Å². The molecular formula is C28H28Br2N4O2. The van der Waals surface area contributed by atoms with E-state index in [1.165, 1.54) is 0 Å². The van der Waals surface area contributed by atoms with Crippen LogP contribution in [0.2, 0.25) is 0 Å². The van der Waals surface area contributed by atoms with Crippen molar-refractivity contribution in [2.75, 3.05) is 33.7 Å². The highest BCUT2D eigenvalue weighted by Gasteiger charge is 2.24. The van der Waals surface area contributed by atoms with Crippen LogP contribution < -0.4 is 5.56 Å². The Labute approximate surface area is 227 Å². The smallest absolute Gasteiger partial charge is 0.265 e. The van der Waals surface area contributed by atoms with Crippen LogP contribution in [0, 0.1) is 0 Å². The second kappa shape index (κ2) is 11.5. The van der Waals surface area contributed by atoms with Crippen molar-refractivity contribution < 1.29 is 4.79 Å². The lowest BCUT2D eigenvalue weighted by atomic mass is 10.1. The van der Waals surface area contributed by atoms with Gasteiger partial charge in [0.25, 0.3) is 11.5 Å². The predicted octanol–water partition coefficient (Wildman–Crippen LogP) is 5.72. The first-order valence-electron chi connectivity index (χ1n) is 11.7. The van der Waals surface area contributed by atoms with Crippen molar-refractivity contribution >= 4 is 48.7 Å². The largest absolute Gasteiger partial charge is 0.337 e. The number of carbonyl (C=O) groups excluding carboxylic acids is 1. The van der Waals surface area contributed by atoms with Crippen molar-refractivity contribution in [1.29, 1.82) is 0 Å². The topological polar surface area (TPSA) is 58.4 Å². The number of likely N-dealkylation sites (N-methyl/N-ethyl adjacent to an activating group) is 1. The van der Waals surface area contributed by atoms with Crippen LogP contribution in [-0.4, -0.2) is 59.0 Å². The highest BCUT2D eigenvalue weighted by molar-refractivity contribution is 9.10. The minimum atomic E-state index is -0.204. The molecule has 0 aliphatic rings. The molecule has 0 bridgehead atoms. The van der Waals surface area contributed by atoms with Crippen LogP contribution in [-0.2, 0) is 0 Å². The predicted molar refractivity (Wildman–Crippen MR) is 152 cm³/mol. The zero-order chi connectivity index (χ0) is 25.8. The van der Waals surface area contributed by atoms with E-state index in [-0.39, 0.29) is 17.4 Å². The second-order valence-electron chi connectivity index (χ2n) is 9.07. The van der Waals surface area contributed by atoms with Crippen molar-refractivity contribution in [3.05, 3.63) is 103 Å². The SMILES string of the molecule is C[C@H](CN(CCN(C)C)C(=O)c1cccc(Br)c1)c1nc2ccccc2c(=O)n1-c1ccc(Br)cc1. The Morgan fingerprint density at radius 2 is 1.67 bits per heavy atom. The lowest BCUT2D eigenvalue weighted by molar-refractivity contribution is 0.0734. The summed E-state index contributed by atoms with van der Waals surface area (Å²) in [6.45, 7) is 3.71. The Morgan fingerprint density at radius 3 is 2.36 bits per heavy atom. The number of nitrogens with zero attached hydrogens (tertiary/aromatic N) is 4. The summed E-state index contributed by atoms with van der Waals surface area (Å²) >= 11 is 6.94. The van der Waals surface area contributed by atoms with Crippen LogP contribution >= 0.6 is 31.9 Å². The van der Waals surface area contributed by atoms with Crippen LogP contribution in [0.15, 0.2) is 86.5 Å². The van der Waals surface area contributed by atoms with Gasteiger partial charge in [0.15, 0.2) is 0 Å². The van der Waals surface area contributed by atoms with E-state index in [9.17, 15) is 9.59 Å². The number of carbonyl (C=O) groups is 1. The van der Waals surface area contributed by atoms with E-state index in [0.717, 1.165) is 21.2 Å². The van der Waals surface area contributed by atoms with Gasteiger partial charge in [0.05, 0.1) is 16.6 Å². The van der Waals surface area contributed by atoms with Gasteiger partial charge in [-0.2, -0.15) is 0 Å². The minimum Gasteiger partial charge on any atom is -0.337 e. The summed E-state index contributed by atoms with van der Waals surface area (Å²) in [5.74, 6) is 0.366. The number of para-hydroxylation sites is 1. The van der Waals surface area contributed by atoms with Crippen molar-refractivity contribution in [2.45, 2.75) is 12.8 Å². The molecule has 0 N–H and O–H groups in total. The van der Waals surface area contributed by atoms with Gasteiger partial charge in [-0.1, -0.05) is 57.0 Å². The standard InChI is InChI=1S/C28H28Br2N4O2/c1-19(18-33(16-15-32(2)3)27(35)20-7-6-8-22(30)17-20)26-31-25-10-5-4-9-24(25)28(36)34(26)23-13-11-21(29)12-14-23/h4-14,17,19H,15-16,18H2,1-3H3/t19-/m1/s1. The summed E-state index contributed by atoms with van der Waals surface area (Å²) < 4.78 is 3.46. The number of hydrogen-bond donors (Lipinski definition) is 0. The Hall–Kier alpha value is -2.81. The first kappa shape index (κ1) is 26.3. The lowest BCUT2D eigenvalue weighted by Gasteiger charge is -2.28. The van der Waals surface area contributed by atoms with Crippen LogP contribution in [0.4, 0.5) is 0 Å². The first-order chi connectivity index (χ1) is 17.2. The molecule has 36 heavy (non-hydrogen) atoms. The van der Waals surface area contributed by atoms with Gasteiger partial charge in [-0.25, -0.2) is 4.98 Å². The highest BCUT2D eigenvalue weighted by atomic mass is 79.9. The highest BCUT2D eigenvalue weighted by Crippen LogP contribution is 2.23. The van der Waals surface area contributed by atoms with E-state index in [1.54, 1.807) is 10.6 Å². The third-order valence-corrected chi connectivity index (χ3v) is 7.02. The van der Waals surface area contributed by atoms with Gasteiger partial charge in [-0.05, 0) is 68.7 Å². The van der Waals surface area contributed by atoms with Crippen molar-refractivity contribution in [3.63, 3.8) is 0 Å². The van der Waals surface area contributed by atoms with E-state index in [4.69, 9.17) is 4.98 Å². The summed E-state index contributed by atoms with van der Waals surface area (Å²) in [6, 6.07) is 22.4. The number of halogens is 2. The van der Waals surface area contributed by atoms with Gasteiger partial charge in [-0.15, -0.1) is 0 Å². The molecular weight excluding hydrogens is 584 g/mol. The lowest BCUT2D eigenvalue weighted by Crippen LogP contribution is -2.40. The summed E-state index contributed by atoms with van der Waals surface area (Å²) in [4.78, 5) is 36.0. The molecule has 1 aromatic heterocycles. The Kier molecular flexibility index (Phi) is 8.39. The van der Waals surface area contributed by atoms with Crippen molar-refractivity contribution in [1.82, 2.24) is 19.4 Å². The van der Waals surface area contributed by atoms with Crippen LogP contribution in [0.5, 0.6) is 0 Å². The molecule has 0 unspecified atom stereocenters. The van der Waals surface area contributed by atoms with Gasteiger partial charge in [0.1, 0.15) is 5.82 Å². The molecule has 1 amide bonds. The normalized spacial score (nSPS) is 12.2. The van der Waals surface area contributed by atoms with Crippen molar-refractivity contribution in [2.24, 2.45) is 0 Å². The number of benzene rings is 3. The maximum atomic E-state index is 13.7. The molecule has 0 radical (unpaired) electrons. The molecule has 4 rings (SSSR count). The number of fused-ring (bicyclic) bond motifs is 1. The number of hydrogen-bond acceptors (Lipinski definition) is 4. The molecule has 0 spiro atoms. The molecule has 1 atom stereocenters. The molecule has 0 saturated heterocycles. The fraction of sp³-hybridized carbons (Fsp3) is 0.250. The zero-order valence-corrected chi connectivity index (χ0v) is 23.7. The van der Waals surface area contributed by atoms with E-state index in [2.05, 4.69) is 36.8 Å². The molecule has 1 heterocycles. The molecule has 0 saturated carbocycles. The fourth-order valence-electron chi connectivity index (χ4n) is 4.13. The third kappa shape index (κ3) is 5.94. The van der Waals surface area contributed by atoms with Gasteiger partial charge in [-0.3, -0.25) is 14.2 Å². The van der Waals surface area contributed by atoms with Gasteiger partial charge < -0.3 is 9.80 Å². The van der Waals surface area contributed by atoms with E-state index in [1.807, 2.05) is 92.6 Å². The first-order valence-corrected chi connectivity index (χ1v) is 13.3. The summed E-state index contributed by atoms with van der Waals surface area (Å²) in [6.07, 6.45) is 0. The fourth-order valence-corrected chi connectivity index (χ4v) is 4.80. The molecule has 8 heteroatoms. The average Bonchev–Trinajstić information content (AvgIpc) is 2.86. The maximum Gasteiger partial charge on any atom is 0.265 e. The Bertz CT molecular complexity index is 1430. The number of aromatic nitrogens is 2. The molecule has 4 aromatic rings. The zero-order valence-electron chi connectivity index (χ0n) is 20.5. The minimum absolute atomic E-state index is 0.0525. The van der Waals surface area contributed by atoms with E-state index < -0.39 is 0 Å². The van der Waals surface area contributed by atoms with E-state index in [0.29, 0.717) is 35.4 Å². The molecule has 186 valence electrons. The van der Waals surface area contributed by atoms with Crippen molar-refractivity contribution in [3.8, 4) is 5.69 Å². The van der Waals surface area contributed by atoms with Gasteiger partial charge in [0.2, 0.25) is 0 Å². The molecule has 0 aliphatic heterocycles. The molecule has 0 fully saturated rings. The quantitative estimate of drug-likeness (QED) is 0.256. The summed E-state index contributed by atoms with van der Waals surface area (Å²) in [5.41, 5.74) is 1.88. The third-order valence-electron chi connectivity index (χ3n) is 6.00. The molecule has 0 aliphatic carbocycles. The number of amides is 1. The Morgan fingerprint density at radius 1 is 0.944 bits per heavy atom. The monoisotopic (exact) mass is 610 g/mol.